The van der Waals surface area contributed by atoms with E-state index in [4.69, 9.17) is 4.74 Å². The Labute approximate surface area is 148 Å². The minimum atomic E-state index is -0.269. The van der Waals surface area contributed by atoms with Gasteiger partial charge in [-0.15, -0.1) is 0 Å². The van der Waals surface area contributed by atoms with Crippen LogP contribution in [0, 0.1) is 0 Å². The van der Waals surface area contributed by atoms with E-state index in [0.717, 1.165) is 5.56 Å². The lowest BCUT2D eigenvalue weighted by Gasteiger charge is -2.33. The van der Waals surface area contributed by atoms with Crippen LogP contribution < -0.4 is 5.56 Å². The largest absolute Gasteiger partial charge is 0.370 e. The SMILES string of the molecule is O=C(Cn1c(=O)cnc2ccccc21)N1CCOC(c2ccsc2)C1. The van der Waals surface area contributed by atoms with Crippen molar-refractivity contribution in [3.8, 4) is 0 Å². The third kappa shape index (κ3) is 3.20. The van der Waals surface area contributed by atoms with Crippen molar-refractivity contribution in [1.82, 2.24) is 14.5 Å². The van der Waals surface area contributed by atoms with Crippen LogP contribution in [0.5, 0.6) is 0 Å². The van der Waals surface area contributed by atoms with Crippen molar-refractivity contribution in [2.75, 3.05) is 19.7 Å². The average molecular weight is 355 g/mol. The van der Waals surface area contributed by atoms with Gasteiger partial charge >= 0.3 is 0 Å². The number of benzene rings is 1. The molecule has 128 valence electrons. The van der Waals surface area contributed by atoms with Crippen LogP contribution in [-0.2, 0) is 16.1 Å². The van der Waals surface area contributed by atoms with Gasteiger partial charge in [0.2, 0.25) is 5.91 Å². The van der Waals surface area contributed by atoms with Crippen LogP contribution in [0.25, 0.3) is 11.0 Å². The molecule has 1 saturated heterocycles. The number of para-hydroxylation sites is 2. The molecule has 0 saturated carbocycles. The van der Waals surface area contributed by atoms with Crippen LogP contribution >= 0.6 is 11.3 Å². The summed E-state index contributed by atoms with van der Waals surface area (Å²) in [5.41, 5.74) is 2.20. The smallest absolute Gasteiger partial charge is 0.269 e. The molecule has 0 aliphatic carbocycles. The average Bonchev–Trinajstić information content (AvgIpc) is 3.19. The van der Waals surface area contributed by atoms with Gasteiger partial charge in [0.15, 0.2) is 0 Å². The van der Waals surface area contributed by atoms with Gasteiger partial charge < -0.3 is 9.64 Å². The highest BCUT2D eigenvalue weighted by Crippen LogP contribution is 2.24. The summed E-state index contributed by atoms with van der Waals surface area (Å²) in [6.07, 6.45) is 1.16. The number of aromatic nitrogens is 2. The summed E-state index contributed by atoms with van der Waals surface area (Å²) in [7, 11) is 0. The van der Waals surface area contributed by atoms with Crippen molar-refractivity contribution in [2.45, 2.75) is 12.6 Å². The van der Waals surface area contributed by atoms with Crippen LogP contribution in [0.1, 0.15) is 11.7 Å². The highest BCUT2D eigenvalue weighted by atomic mass is 32.1. The first-order chi connectivity index (χ1) is 12.2. The Morgan fingerprint density at radius 1 is 1.32 bits per heavy atom. The Kier molecular flexibility index (Phi) is 4.33. The standard InChI is InChI=1S/C18H17N3O3S/c22-17-9-19-14-3-1-2-4-15(14)21(17)11-18(23)20-6-7-24-16(10-20)13-5-8-25-12-13/h1-5,8-9,12,16H,6-7,10-11H2. The van der Waals surface area contributed by atoms with E-state index in [2.05, 4.69) is 4.98 Å². The molecule has 0 spiro atoms. The third-order valence-electron chi connectivity index (χ3n) is 4.38. The number of ether oxygens (including phenoxy) is 1. The number of carbonyl (C=O) groups is 1. The van der Waals surface area contributed by atoms with Crippen molar-refractivity contribution in [3.05, 3.63) is 63.2 Å². The topological polar surface area (TPSA) is 64.4 Å². The second kappa shape index (κ2) is 6.78. The summed E-state index contributed by atoms with van der Waals surface area (Å²) in [5, 5.41) is 4.04. The quantitative estimate of drug-likeness (QED) is 0.721. The van der Waals surface area contributed by atoms with E-state index in [1.807, 2.05) is 41.1 Å². The lowest BCUT2D eigenvalue weighted by atomic mass is 10.1. The fourth-order valence-electron chi connectivity index (χ4n) is 3.05. The first-order valence-electron chi connectivity index (χ1n) is 8.08. The van der Waals surface area contributed by atoms with E-state index >= 15 is 0 Å². The number of hydrogen-bond acceptors (Lipinski definition) is 5. The molecule has 1 unspecified atom stereocenters. The molecule has 1 fully saturated rings. The molecule has 2 aromatic heterocycles. The summed E-state index contributed by atoms with van der Waals surface area (Å²) < 4.78 is 7.27. The number of hydrogen-bond donors (Lipinski definition) is 0. The maximum absolute atomic E-state index is 12.8. The van der Waals surface area contributed by atoms with Crippen molar-refractivity contribution < 1.29 is 9.53 Å². The minimum absolute atomic E-state index is 0.0121. The van der Waals surface area contributed by atoms with Gasteiger partial charge in [-0.3, -0.25) is 14.2 Å². The zero-order valence-corrected chi connectivity index (χ0v) is 14.3. The number of fused-ring (bicyclic) bond motifs is 1. The van der Waals surface area contributed by atoms with Gasteiger partial charge in [-0.05, 0) is 34.5 Å². The Balaban J connectivity index is 1.56. The van der Waals surface area contributed by atoms with Crippen LogP contribution in [-0.4, -0.2) is 40.1 Å². The van der Waals surface area contributed by atoms with Crippen LogP contribution in [0.3, 0.4) is 0 Å². The van der Waals surface area contributed by atoms with E-state index in [-0.39, 0.29) is 24.1 Å². The molecule has 3 aromatic rings. The van der Waals surface area contributed by atoms with Gasteiger partial charge in [0.1, 0.15) is 12.6 Å². The van der Waals surface area contributed by atoms with E-state index in [1.54, 1.807) is 16.2 Å². The van der Waals surface area contributed by atoms with Gasteiger partial charge in [-0.2, -0.15) is 11.3 Å². The Morgan fingerprint density at radius 3 is 3.04 bits per heavy atom. The summed E-state index contributed by atoms with van der Waals surface area (Å²) in [6.45, 7) is 1.56. The van der Waals surface area contributed by atoms with Crippen molar-refractivity contribution in [1.29, 1.82) is 0 Å². The number of morpholine rings is 1. The number of nitrogens with zero attached hydrogens (tertiary/aromatic N) is 3. The first kappa shape index (κ1) is 16.0. The Morgan fingerprint density at radius 2 is 2.20 bits per heavy atom. The molecule has 1 atom stereocenters. The molecule has 1 aromatic carbocycles. The minimum Gasteiger partial charge on any atom is -0.370 e. The van der Waals surface area contributed by atoms with Crippen molar-refractivity contribution >= 4 is 28.3 Å². The Hall–Kier alpha value is -2.51. The van der Waals surface area contributed by atoms with E-state index in [9.17, 15) is 9.59 Å². The van der Waals surface area contributed by atoms with Crippen LogP contribution in [0.2, 0.25) is 0 Å². The Bertz CT molecular complexity index is 952. The zero-order chi connectivity index (χ0) is 17.2. The highest BCUT2D eigenvalue weighted by Gasteiger charge is 2.26. The summed E-state index contributed by atoms with van der Waals surface area (Å²) >= 11 is 1.61. The maximum atomic E-state index is 12.8. The number of carbonyl (C=O) groups excluding carboxylic acids is 1. The van der Waals surface area contributed by atoms with Gasteiger partial charge in [0.25, 0.3) is 5.56 Å². The van der Waals surface area contributed by atoms with Crippen molar-refractivity contribution in [2.24, 2.45) is 0 Å². The second-order valence-corrected chi connectivity index (χ2v) is 6.71. The molecule has 0 N–H and O–H groups in total. The molecule has 1 aliphatic heterocycles. The van der Waals surface area contributed by atoms with Crippen LogP contribution in [0.4, 0.5) is 0 Å². The van der Waals surface area contributed by atoms with E-state index < -0.39 is 0 Å². The molecule has 25 heavy (non-hydrogen) atoms. The fraction of sp³-hybridized carbons (Fsp3) is 0.278. The van der Waals surface area contributed by atoms with Gasteiger partial charge in [-0.25, -0.2) is 4.98 Å². The molecular formula is C18H17N3O3S. The highest BCUT2D eigenvalue weighted by molar-refractivity contribution is 7.07. The number of rotatable bonds is 3. The van der Waals surface area contributed by atoms with Crippen molar-refractivity contribution in [3.63, 3.8) is 0 Å². The summed E-state index contributed by atoms with van der Waals surface area (Å²) in [5.74, 6) is -0.0815. The molecule has 0 bridgehead atoms. The number of thiophene rings is 1. The van der Waals surface area contributed by atoms with Gasteiger partial charge in [0, 0.05) is 6.54 Å². The van der Waals surface area contributed by atoms with E-state index in [1.165, 1.54) is 10.8 Å². The van der Waals surface area contributed by atoms with Gasteiger partial charge in [0.05, 0.1) is 30.4 Å². The summed E-state index contributed by atoms with van der Waals surface area (Å²) in [6, 6.07) is 9.36. The predicted molar refractivity (Wildman–Crippen MR) is 95.6 cm³/mol. The molecule has 3 heterocycles. The van der Waals surface area contributed by atoms with E-state index in [0.29, 0.717) is 30.7 Å². The number of amides is 1. The molecule has 0 radical (unpaired) electrons. The van der Waals surface area contributed by atoms with Gasteiger partial charge in [-0.1, -0.05) is 12.1 Å². The normalized spacial score (nSPS) is 17.8. The van der Waals surface area contributed by atoms with Crippen LogP contribution in [0.15, 0.2) is 52.1 Å². The molecule has 4 rings (SSSR count). The molecular weight excluding hydrogens is 338 g/mol. The summed E-state index contributed by atoms with van der Waals surface area (Å²) in [4.78, 5) is 30.9. The fourth-order valence-corrected chi connectivity index (χ4v) is 3.75. The monoisotopic (exact) mass is 355 g/mol. The predicted octanol–water partition coefficient (Wildman–Crippen LogP) is 2.06. The second-order valence-electron chi connectivity index (χ2n) is 5.93. The third-order valence-corrected chi connectivity index (χ3v) is 5.08. The molecule has 1 amide bonds. The molecule has 7 heteroatoms. The lowest BCUT2D eigenvalue weighted by Crippen LogP contribution is -2.44. The zero-order valence-electron chi connectivity index (χ0n) is 13.5. The first-order valence-corrected chi connectivity index (χ1v) is 9.03. The molecule has 6 nitrogen and oxygen atoms in total. The lowest BCUT2D eigenvalue weighted by molar-refractivity contribution is -0.139. The molecule has 1 aliphatic rings. The maximum Gasteiger partial charge on any atom is 0.269 e.